The average molecular weight is 437 g/mol. The minimum atomic E-state index is -0.274. The molecule has 2 aliphatic rings. The monoisotopic (exact) mass is 436 g/mol. The molecule has 1 amide bonds. The number of aliphatic imine (C=N–C) groups is 1. The van der Waals surface area contributed by atoms with Crippen LogP contribution in [0.1, 0.15) is 32.6 Å². The van der Waals surface area contributed by atoms with Gasteiger partial charge in [-0.3, -0.25) is 9.79 Å². The molecule has 1 aromatic rings. The largest absolute Gasteiger partial charge is 0.489 e. The van der Waals surface area contributed by atoms with Gasteiger partial charge < -0.3 is 20.3 Å². The van der Waals surface area contributed by atoms with Crippen molar-refractivity contribution in [1.29, 1.82) is 0 Å². The van der Waals surface area contributed by atoms with Gasteiger partial charge in [0.25, 0.3) is 0 Å². The van der Waals surface area contributed by atoms with Crippen molar-refractivity contribution in [1.82, 2.24) is 15.5 Å². The molecule has 1 heterocycles. The number of carbonyl (C=O) groups excluding carboxylic acids is 1. The molecule has 3 rings (SSSR count). The van der Waals surface area contributed by atoms with Gasteiger partial charge in [-0.25, -0.2) is 4.39 Å². The molecule has 6 nitrogen and oxygen atoms in total. The predicted molar refractivity (Wildman–Crippen MR) is 121 cm³/mol. The van der Waals surface area contributed by atoms with Crippen molar-refractivity contribution in [3.63, 3.8) is 0 Å². The summed E-state index contributed by atoms with van der Waals surface area (Å²) in [7, 11) is 1.75. The van der Waals surface area contributed by atoms with Crippen molar-refractivity contribution >= 4 is 23.6 Å². The first-order valence-corrected chi connectivity index (χ1v) is 12.0. The van der Waals surface area contributed by atoms with E-state index in [1.807, 2.05) is 18.7 Å². The Morgan fingerprint density at radius 1 is 1.23 bits per heavy atom. The molecule has 166 valence electrons. The number of rotatable bonds is 6. The van der Waals surface area contributed by atoms with Gasteiger partial charge in [0.05, 0.1) is 6.54 Å². The lowest BCUT2D eigenvalue weighted by atomic mass is 9.85. The number of benzene rings is 1. The van der Waals surface area contributed by atoms with Gasteiger partial charge in [-0.05, 0) is 56.9 Å². The van der Waals surface area contributed by atoms with Crippen LogP contribution in [0.2, 0.25) is 0 Å². The summed E-state index contributed by atoms with van der Waals surface area (Å²) in [5, 5.41) is 6.77. The third-order valence-electron chi connectivity index (χ3n) is 5.67. The summed E-state index contributed by atoms with van der Waals surface area (Å²) in [5.74, 6) is 3.76. The van der Waals surface area contributed by atoms with E-state index in [0.29, 0.717) is 24.2 Å². The summed E-state index contributed by atoms with van der Waals surface area (Å²) in [6.45, 7) is 4.34. The smallest absolute Gasteiger partial charge is 0.225 e. The van der Waals surface area contributed by atoms with Crippen LogP contribution in [0.5, 0.6) is 5.75 Å². The van der Waals surface area contributed by atoms with Gasteiger partial charge in [0.15, 0.2) is 5.96 Å². The van der Waals surface area contributed by atoms with Crippen molar-refractivity contribution in [2.45, 2.75) is 44.8 Å². The van der Waals surface area contributed by atoms with E-state index in [0.717, 1.165) is 56.2 Å². The highest BCUT2D eigenvalue weighted by atomic mass is 32.2. The van der Waals surface area contributed by atoms with Crippen LogP contribution in [0.3, 0.4) is 0 Å². The molecule has 8 heteroatoms. The summed E-state index contributed by atoms with van der Waals surface area (Å²) in [6, 6.07) is 6.36. The Bertz CT molecular complexity index is 702. The van der Waals surface area contributed by atoms with Gasteiger partial charge in [-0.1, -0.05) is 0 Å². The number of amides is 1. The van der Waals surface area contributed by atoms with Crippen molar-refractivity contribution in [3.05, 3.63) is 30.1 Å². The Balaban J connectivity index is 1.37. The van der Waals surface area contributed by atoms with Crippen molar-refractivity contribution in [2.75, 3.05) is 38.2 Å². The lowest BCUT2D eigenvalue weighted by Gasteiger charge is -2.34. The van der Waals surface area contributed by atoms with E-state index in [1.165, 1.54) is 12.1 Å². The maximum Gasteiger partial charge on any atom is 0.225 e. The van der Waals surface area contributed by atoms with Crippen LogP contribution in [-0.4, -0.2) is 67.1 Å². The number of ether oxygens (including phenoxy) is 1. The predicted octanol–water partition coefficient (Wildman–Crippen LogP) is 2.89. The highest BCUT2D eigenvalue weighted by Crippen LogP contribution is 2.27. The molecule has 1 unspecified atom stereocenters. The van der Waals surface area contributed by atoms with Crippen LogP contribution in [0.4, 0.5) is 4.39 Å². The molecule has 0 aromatic heterocycles. The molecule has 0 spiro atoms. The number of hydrogen-bond donors (Lipinski definition) is 2. The number of hydrogen-bond acceptors (Lipinski definition) is 4. The first-order valence-electron chi connectivity index (χ1n) is 10.8. The molecule has 1 saturated heterocycles. The van der Waals surface area contributed by atoms with Crippen molar-refractivity contribution in [3.8, 4) is 5.75 Å². The molecule has 1 saturated carbocycles. The molecular formula is C22H33FN4O2S. The highest BCUT2D eigenvalue weighted by Gasteiger charge is 2.30. The standard InChI is InChI=1S/C22H33FN4O2S/c1-16(29-20-9-5-18(23)6-10-20)15-25-22(24-2)26-19-7-3-17(4-8-19)21(28)27-11-13-30-14-12-27/h5-6,9-10,16-17,19H,3-4,7-8,11-15H2,1-2H3,(H2,24,25,26). The van der Waals surface area contributed by atoms with E-state index in [-0.39, 0.29) is 17.8 Å². The molecule has 1 aromatic carbocycles. The minimum Gasteiger partial charge on any atom is -0.489 e. The zero-order valence-corrected chi connectivity index (χ0v) is 18.7. The second-order valence-corrected chi connectivity index (χ2v) is 9.19. The molecule has 0 bridgehead atoms. The minimum absolute atomic E-state index is 0.0925. The molecule has 1 aliphatic carbocycles. The van der Waals surface area contributed by atoms with Crippen LogP contribution < -0.4 is 15.4 Å². The topological polar surface area (TPSA) is 66.0 Å². The number of nitrogens with one attached hydrogen (secondary N) is 2. The number of nitrogens with zero attached hydrogens (tertiary/aromatic N) is 2. The number of carbonyl (C=O) groups is 1. The highest BCUT2D eigenvalue weighted by molar-refractivity contribution is 7.99. The van der Waals surface area contributed by atoms with E-state index in [9.17, 15) is 9.18 Å². The van der Waals surface area contributed by atoms with E-state index in [2.05, 4.69) is 20.5 Å². The first kappa shape index (κ1) is 22.7. The van der Waals surface area contributed by atoms with Crippen LogP contribution >= 0.6 is 11.8 Å². The first-order chi connectivity index (χ1) is 14.5. The second-order valence-electron chi connectivity index (χ2n) is 7.97. The Kier molecular flexibility index (Phi) is 8.66. The van der Waals surface area contributed by atoms with Crippen LogP contribution in [0.25, 0.3) is 0 Å². The van der Waals surface area contributed by atoms with E-state index < -0.39 is 0 Å². The van der Waals surface area contributed by atoms with Gasteiger partial charge >= 0.3 is 0 Å². The third kappa shape index (κ3) is 6.79. The summed E-state index contributed by atoms with van der Waals surface area (Å²) in [5.41, 5.74) is 0. The van der Waals surface area contributed by atoms with E-state index >= 15 is 0 Å². The summed E-state index contributed by atoms with van der Waals surface area (Å²) < 4.78 is 18.8. The molecule has 2 N–H and O–H groups in total. The van der Waals surface area contributed by atoms with E-state index in [4.69, 9.17) is 4.74 Å². The zero-order valence-electron chi connectivity index (χ0n) is 17.9. The Morgan fingerprint density at radius 2 is 1.90 bits per heavy atom. The molecule has 1 aliphatic heterocycles. The third-order valence-corrected chi connectivity index (χ3v) is 6.61. The average Bonchev–Trinajstić information content (AvgIpc) is 2.78. The van der Waals surface area contributed by atoms with Gasteiger partial charge in [0, 0.05) is 43.6 Å². The van der Waals surface area contributed by atoms with Crippen molar-refractivity contribution in [2.24, 2.45) is 10.9 Å². The molecular weight excluding hydrogens is 403 g/mol. The molecule has 30 heavy (non-hydrogen) atoms. The number of guanidine groups is 1. The van der Waals surface area contributed by atoms with Crippen molar-refractivity contribution < 1.29 is 13.9 Å². The molecule has 2 fully saturated rings. The number of halogens is 1. The van der Waals surface area contributed by atoms with Gasteiger partial charge in [0.2, 0.25) is 5.91 Å². The van der Waals surface area contributed by atoms with Crippen LogP contribution in [0, 0.1) is 11.7 Å². The fourth-order valence-corrected chi connectivity index (χ4v) is 4.85. The Morgan fingerprint density at radius 3 is 2.53 bits per heavy atom. The zero-order chi connectivity index (χ0) is 21.3. The SMILES string of the molecule is CN=C(NCC(C)Oc1ccc(F)cc1)NC1CCC(C(=O)N2CCSCC2)CC1. The van der Waals surface area contributed by atoms with Crippen LogP contribution in [0.15, 0.2) is 29.3 Å². The quantitative estimate of drug-likeness (QED) is 0.530. The maximum absolute atomic E-state index is 13.0. The fraction of sp³-hybridized carbons (Fsp3) is 0.636. The molecule has 0 radical (unpaired) electrons. The summed E-state index contributed by atoms with van der Waals surface area (Å²) in [6.07, 6.45) is 3.72. The second kappa shape index (κ2) is 11.4. The van der Waals surface area contributed by atoms with Crippen LogP contribution in [-0.2, 0) is 4.79 Å². The Labute approximate surface area is 183 Å². The lowest BCUT2D eigenvalue weighted by Crippen LogP contribution is -2.48. The summed E-state index contributed by atoms with van der Waals surface area (Å²) in [4.78, 5) is 19.1. The Hall–Kier alpha value is -1.96. The fourth-order valence-electron chi connectivity index (χ4n) is 3.94. The number of thioether (sulfide) groups is 1. The van der Waals surface area contributed by atoms with Gasteiger partial charge in [-0.2, -0.15) is 11.8 Å². The van der Waals surface area contributed by atoms with Gasteiger partial charge in [-0.15, -0.1) is 0 Å². The molecule has 1 atom stereocenters. The van der Waals surface area contributed by atoms with E-state index in [1.54, 1.807) is 19.2 Å². The summed E-state index contributed by atoms with van der Waals surface area (Å²) >= 11 is 1.93. The lowest BCUT2D eigenvalue weighted by molar-refractivity contribution is -0.136. The van der Waals surface area contributed by atoms with Gasteiger partial charge in [0.1, 0.15) is 17.7 Å². The normalized spacial score (nSPS) is 23.6. The maximum atomic E-state index is 13.0.